The molecule has 2 unspecified atom stereocenters. The summed E-state index contributed by atoms with van der Waals surface area (Å²) in [5, 5.41) is 9.85. The van der Waals surface area contributed by atoms with Crippen LogP contribution in [0, 0.1) is 11.8 Å². The number of hydrogen-bond acceptors (Lipinski definition) is 2. The molecule has 13 heavy (non-hydrogen) atoms. The highest BCUT2D eigenvalue weighted by Gasteiger charge is 2.38. The molecule has 1 N–H and O–H groups in total. The smallest absolute Gasteiger partial charge is 0.219 e. The van der Waals surface area contributed by atoms with Crippen LogP contribution in [0.1, 0.15) is 26.2 Å². The molecule has 1 amide bonds. The summed E-state index contributed by atoms with van der Waals surface area (Å²) in [6.07, 6.45) is 3.19. The van der Waals surface area contributed by atoms with Gasteiger partial charge in [-0.05, 0) is 25.2 Å². The van der Waals surface area contributed by atoms with Crippen LogP contribution in [0.4, 0.5) is 0 Å². The molecule has 1 aliphatic heterocycles. The SMILES string of the molecule is CC(=O)N1CCC(C(O)C2CC2)C1. The van der Waals surface area contributed by atoms with Gasteiger partial charge in [-0.1, -0.05) is 0 Å². The van der Waals surface area contributed by atoms with Crippen molar-refractivity contribution < 1.29 is 9.90 Å². The summed E-state index contributed by atoms with van der Waals surface area (Å²) in [6.45, 7) is 3.21. The Morgan fingerprint density at radius 1 is 1.38 bits per heavy atom. The summed E-state index contributed by atoms with van der Waals surface area (Å²) in [6, 6.07) is 0. The van der Waals surface area contributed by atoms with Gasteiger partial charge >= 0.3 is 0 Å². The van der Waals surface area contributed by atoms with E-state index in [-0.39, 0.29) is 12.0 Å². The first-order chi connectivity index (χ1) is 6.18. The maximum atomic E-state index is 11.0. The topological polar surface area (TPSA) is 40.5 Å². The molecule has 3 heteroatoms. The van der Waals surface area contributed by atoms with E-state index in [1.165, 1.54) is 12.8 Å². The second kappa shape index (κ2) is 3.29. The second-order valence-electron chi connectivity index (χ2n) is 4.34. The van der Waals surface area contributed by atoms with Gasteiger partial charge < -0.3 is 10.0 Å². The predicted octanol–water partition coefficient (Wildman–Crippen LogP) is 0.626. The maximum absolute atomic E-state index is 11.0. The monoisotopic (exact) mass is 183 g/mol. The molecule has 2 fully saturated rings. The summed E-state index contributed by atoms with van der Waals surface area (Å²) < 4.78 is 0. The Hall–Kier alpha value is -0.570. The van der Waals surface area contributed by atoms with Crippen LogP contribution in [-0.4, -0.2) is 35.1 Å². The lowest BCUT2D eigenvalue weighted by atomic mass is 9.98. The summed E-state index contributed by atoms with van der Waals surface area (Å²) in [5.41, 5.74) is 0. The van der Waals surface area contributed by atoms with Gasteiger partial charge in [0.15, 0.2) is 0 Å². The van der Waals surface area contributed by atoms with E-state index >= 15 is 0 Å². The Labute approximate surface area is 78.7 Å². The van der Waals surface area contributed by atoms with E-state index < -0.39 is 0 Å². The van der Waals surface area contributed by atoms with E-state index in [1.807, 2.05) is 4.90 Å². The average molecular weight is 183 g/mol. The Morgan fingerprint density at radius 3 is 2.54 bits per heavy atom. The Kier molecular flexibility index (Phi) is 2.28. The summed E-state index contributed by atoms with van der Waals surface area (Å²) in [5.74, 6) is 1.03. The van der Waals surface area contributed by atoms with E-state index in [0.717, 1.165) is 19.5 Å². The van der Waals surface area contributed by atoms with Crippen LogP contribution < -0.4 is 0 Å². The van der Waals surface area contributed by atoms with Gasteiger partial charge in [0.25, 0.3) is 0 Å². The minimum absolute atomic E-state index is 0.144. The van der Waals surface area contributed by atoms with Crippen LogP contribution in [0.25, 0.3) is 0 Å². The minimum Gasteiger partial charge on any atom is -0.392 e. The summed E-state index contributed by atoms with van der Waals surface area (Å²) >= 11 is 0. The number of carbonyl (C=O) groups is 1. The molecular weight excluding hydrogens is 166 g/mol. The lowest BCUT2D eigenvalue weighted by Gasteiger charge is -2.18. The first-order valence-electron chi connectivity index (χ1n) is 5.12. The zero-order valence-corrected chi connectivity index (χ0v) is 8.07. The fourth-order valence-corrected chi connectivity index (χ4v) is 2.17. The standard InChI is InChI=1S/C10H17NO2/c1-7(12)11-5-4-9(6-11)10(13)8-2-3-8/h8-10,13H,2-6H2,1H3. The number of carbonyl (C=O) groups excluding carboxylic acids is 1. The number of aliphatic hydroxyl groups is 1. The summed E-state index contributed by atoms with van der Waals surface area (Å²) in [7, 11) is 0. The summed E-state index contributed by atoms with van der Waals surface area (Å²) in [4.78, 5) is 12.9. The van der Waals surface area contributed by atoms with Gasteiger partial charge in [0.1, 0.15) is 0 Å². The molecule has 2 aliphatic rings. The van der Waals surface area contributed by atoms with Gasteiger partial charge in [-0.25, -0.2) is 0 Å². The van der Waals surface area contributed by atoms with Crippen molar-refractivity contribution in [2.45, 2.75) is 32.3 Å². The largest absolute Gasteiger partial charge is 0.392 e. The van der Waals surface area contributed by atoms with Gasteiger partial charge in [0.2, 0.25) is 5.91 Å². The molecule has 74 valence electrons. The van der Waals surface area contributed by atoms with Crippen LogP contribution >= 0.6 is 0 Å². The fourth-order valence-electron chi connectivity index (χ4n) is 2.17. The highest BCUT2D eigenvalue weighted by atomic mass is 16.3. The highest BCUT2D eigenvalue weighted by Crippen LogP contribution is 2.38. The van der Waals surface area contributed by atoms with Crippen molar-refractivity contribution in [2.75, 3.05) is 13.1 Å². The molecule has 1 aliphatic carbocycles. The predicted molar refractivity (Wildman–Crippen MR) is 49.1 cm³/mol. The molecule has 0 aromatic rings. The molecule has 0 bridgehead atoms. The van der Waals surface area contributed by atoms with E-state index in [0.29, 0.717) is 11.8 Å². The number of nitrogens with zero attached hydrogens (tertiary/aromatic N) is 1. The molecule has 1 saturated heterocycles. The van der Waals surface area contributed by atoms with Crippen LogP contribution in [0.2, 0.25) is 0 Å². The first kappa shape index (κ1) is 9.00. The average Bonchev–Trinajstić information content (AvgIpc) is 2.81. The molecule has 2 rings (SSSR count). The molecule has 2 atom stereocenters. The van der Waals surface area contributed by atoms with Crippen LogP contribution in [0.15, 0.2) is 0 Å². The number of likely N-dealkylation sites (tertiary alicyclic amines) is 1. The maximum Gasteiger partial charge on any atom is 0.219 e. The molecule has 1 saturated carbocycles. The molecule has 0 spiro atoms. The van der Waals surface area contributed by atoms with E-state index in [9.17, 15) is 9.90 Å². The third kappa shape index (κ3) is 1.85. The Balaban J connectivity index is 1.86. The zero-order chi connectivity index (χ0) is 9.42. The third-order valence-corrected chi connectivity index (χ3v) is 3.26. The van der Waals surface area contributed by atoms with Crippen molar-refractivity contribution in [3.63, 3.8) is 0 Å². The Bertz CT molecular complexity index is 213. The number of rotatable bonds is 2. The zero-order valence-electron chi connectivity index (χ0n) is 8.07. The van der Waals surface area contributed by atoms with Crippen molar-refractivity contribution in [1.29, 1.82) is 0 Å². The Morgan fingerprint density at radius 2 is 2.08 bits per heavy atom. The number of amides is 1. The van der Waals surface area contributed by atoms with E-state index in [1.54, 1.807) is 6.92 Å². The molecular formula is C10H17NO2. The van der Waals surface area contributed by atoms with E-state index in [2.05, 4.69) is 0 Å². The molecule has 0 aromatic heterocycles. The first-order valence-corrected chi connectivity index (χ1v) is 5.12. The molecule has 0 aromatic carbocycles. The van der Waals surface area contributed by atoms with Crippen molar-refractivity contribution in [3.8, 4) is 0 Å². The van der Waals surface area contributed by atoms with Crippen molar-refractivity contribution in [3.05, 3.63) is 0 Å². The molecule has 3 nitrogen and oxygen atoms in total. The van der Waals surface area contributed by atoms with Crippen molar-refractivity contribution in [1.82, 2.24) is 4.90 Å². The number of hydrogen-bond donors (Lipinski definition) is 1. The van der Waals surface area contributed by atoms with Gasteiger partial charge in [-0.15, -0.1) is 0 Å². The lowest BCUT2D eigenvalue weighted by molar-refractivity contribution is -0.128. The van der Waals surface area contributed by atoms with E-state index in [4.69, 9.17) is 0 Å². The van der Waals surface area contributed by atoms with Crippen LogP contribution in [-0.2, 0) is 4.79 Å². The third-order valence-electron chi connectivity index (χ3n) is 3.26. The van der Waals surface area contributed by atoms with Crippen molar-refractivity contribution in [2.24, 2.45) is 11.8 Å². The van der Waals surface area contributed by atoms with Crippen LogP contribution in [0.3, 0.4) is 0 Å². The quantitative estimate of drug-likeness (QED) is 0.682. The molecule has 0 radical (unpaired) electrons. The fraction of sp³-hybridized carbons (Fsp3) is 0.900. The second-order valence-corrected chi connectivity index (χ2v) is 4.34. The number of aliphatic hydroxyl groups excluding tert-OH is 1. The highest BCUT2D eigenvalue weighted by molar-refractivity contribution is 5.73. The van der Waals surface area contributed by atoms with Gasteiger partial charge in [-0.3, -0.25) is 4.79 Å². The van der Waals surface area contributed by atoms with Crippen LogP contribution in [0.5, 0.6) is 0 Å². The van der Waals surface area contributed by atoms with Crippen molar-refractivity contribution >= 4 is 5.91 Å². The van der Waals surface area contributed by atoms with Gasteiger partial charge in [0, 0.05) is 25.9 Å². The van der Waals surface area contributed by atoms with Gasteiger partial charge in [0.05, 0.1) is 6.10 Å². The normalized spacial score (nSPS) is 30.6. The van der Waals surface area contributed by atoms with Gasteiger partial charge in [-0.2, -0.15) is 0 Å². The lowest BCUT2D eigenvalue weighted by Crippen LogP contribution is -2.29. The minimum atomic E-state index is -0.149. The molecule has 1 heterocycles.